The third-order valence-corrected chi connectivity index (χ3v) is 10.1. The van der Waals surface area contributed by atoms with Crippen LogP contribution in [-0.2, 0) is 18.4 Å². The van der Waals surface area contributed by atoms with E-state index in [1.807, 2.05) is 0 Å². The molecule has 1 N–H and O–H groups in total. The van der Waals surface area contributed by atoms with E-state index in [-0.39, 0.29) is 5.41 Å². The number of aromatic nitrogens is 2. The van der Waals surface area contributed by atoms with Gasteiger partial charge in [-0.25, -0.2) is 9.55 Å². The second-order valence-corrected chi connectivity index (χ2v) is 13.8. The highest BCUT2D eigenvalue weighted by Gasteiger charge is 2.41. The first-order valence-electron chi connectivity index (χ1n) is 18.8. The lowest BCUT2D eigenvalue weighted by Gasteiger charge is -2.37. The SMILES string of the molecule is CCCCCCCCCCCCCCCCC(c1[nH]cc[n+]1CCCCCCC)C(C)(Cc1ccccc1)c1ccccc1. The summed E-state index contributed by atoms with van der Waals surface area (Å²) in [5.74, 6) is 1.87. The lowest BCUT2D eigenvalue weighted by atomic mass is 9.66. The average molecular weight is 600 g/mol. The monoisotopic (exact) mass is 600 g/mol. The minimum atomic E-state index is 0.00790. The Morgan fingerprint density at radius 2 is 1.07 bits per heavy atom. The van der Waals surface area contributed by atoms with Gasteiger partial charge in [-0.05, 0) is 36.8 Å². The van der Waals surface area contributed by atoms with Gasteiger partial charge in [0.15, 0.2) is 0 Å². The lowest BCUT2D eigenvalue weighted by Crippen LogP contribution is -2.43. The van der Waals surface area contributed by atoms with Crippen LogP contribution in [0.4, 0.5) is 0 Å². The summed E-state index contributed by atoms with van der Waals surface area (Å²) in [6.45, 7) is 8.27. The summed E-state index contributed by atoms with van der Waals surface area (Å²) in [5, 5.41) is 0. The molecule has 2 atom stereocenters. The molecule has 3 rings (SSSR count). The molecule has 44 heavy (non-hydrogen) atoms. The molecule has 2 nitrogen and oxygen atoms in total. The number of nitrogens with one attached hydrogen (secondary N) is 1. The fourth-order valence-corrected chi connectivity index (χ4v) is 7.32. The van der Waals surface area contributed by atoms with Crippen LogP contribution in [-0.4, -0.2) is 4.98 Å². The van der Waals surface area contributed by atoms with Crippen molar-refractivity contribution >= 4 is 0 Å². The van der Waals surface area contributed by atoms with E-state index in [1.165, 1.54) is 145 Å². The van der Waals surface area contributed by atoms with E-state index in [2.05, 4.69) is 103 Å². The zero-order chi connectivity index (χ0) is 31.1. The second kappa shape index (κ2) is 22.2. The molecule has 0 amide bonds. The van der Waals surface area contributed by atoms with E-state index >= 15 is 0 Å². The number of H-pyrrole nitrogens is 1. The van der Waals surface area contributed by atoms with Crippen molar-refractivity contribution in [2.24, 2.45) is 0 Å². The van der Waals surface area contributed by atoms with Crippen molar-refractivity contribution in [3.63, 3.8) is 0 Å². The Labute approximate surface area is 272 Å². The Kier molecular flexibility index (Phi) is 18.2. The zero-order valence-electron chi connectivity index (χ0n) is 29.0. The molecule has 0 spiro atoms. The van der Waals surface area contributed by atoms with Gasteiger partial charge in [0.05, 0.1) is 12.5 Å². The molecule has 1 aromatic heterocycles. The summed E-state index contributed by atoms with van der Waals surface area (Å²) >= 11 is 0. The Balaban J connectivity index is 1.61. The fraction of sp³-hybridized carbons (Fsp3) is 0.643. The number of hydrogen-bond acceptors (Lipinski definition) is 0. The Bertz CT molecular complexity index is 1070. The quantitative estimate of drug-likeness (QED) is 0.0699. The first-order valence-corrected chi connectivity index (χ1v) is 18.8. The number of imidazole rings is 1. The van der Waals surface area contributed by atoms with Gasteiger partial charge in [-0.2, -0.15) is 0 Å². The summed E-state index contributed by atoms with van der Waals surface area (Å²) < 4.78 is 2.56. The summed E-state index contributed by atoms with van der Waals surface area (Å²) in [6, 6.07) is 22.6. The minimum absolute atomic E-state index is 0.00790. The number of nitrogens with zero attached hydrogens (tertiary/aromatic N) is 1. The largest absolute Gasteiger partial charge is 0.258 e. The molecule has 0 radical (unpaired) electrons. The fourth-order valence-electron chi connectivity index (χ4n) is 7.32. The molecule has 0 saturated heterocycles. The zero-order valence-corrected chi connectivity index (χ0v) is 29.0. The summed E-state index contributed by atoms with van der Waals surface area (Å²) in [4.78, 5) is 3.78. The number of rotatable bonds is 26. The van der Waals surface area contributed by atoms with Crippen molar-refractivity contribution in [1.29, 1.82) is 0 Å². The Hall–Kier alpha value is -2.35. The van der Waals surface area contributed by atoms with E-state index < -0.39 is 0 Å². The highest BCUT2D eigenvalue weighted by atomic mass is 15.1. The number of benzene rings is 2. The standard InChI is InChI=1S/C42H66N2/c1-4-6-8-10-11-12-13-14-15-16-17-18-19-27-33-40(41-43-34-36-44(41)35-28-20-9-7-5-2)42(3,39-31-25-22-26-32-39)37-38-29-23-21-24-30-38/h21-26,29-32,34,36,40H,4-20,27-28,33,35,37H2,1-3H3/p+1. The molecule has 1 heterocycles. The molecule has 0 aliphatic heterocycles. The van der Waals surface area contributed by atoms with Crippen molar-refractivity contribution < 1.29 is 4.57 Å². The van der Waals surface area contributed by atoms with Crippen LogP contribution in [0.5, 0.6) is 0 Å². The van der Waals surface area contributed by atoms with Gasteiger partial charge in [-0.1, -0.05) is 191 Å². The first kappa shape index (κ1) is 36.1. The average Bonchev–Trinajstić information content (AvgIpc) is 3.51. The van der Waals surface area contributed by atoms with Gasteiger partial charge in [0, 0.05) is 5.41 Å². The van der Waals surface area contributed by atoms with Crippen molar-refractivity contribution in [3.8, 4) is 0 Å². The van der Waals surface area contributed by atoms with Crippen LogP contribution in [0.2, 0.25) is 0 Å². The maximum absolute atomic E-state index is 3.78. The molecule has 0 aliphatic carbocycles. The van der Waals surface area contributed by atoms with Crippen LogP contribution in [0.3, 0.4) is 0 Å². The molecule has 2 aromatic carbocycles. The van der Waals surface area contributed by atoms with Gasteiger partial charge < -0.3 is 0 Å². The number of hydrogen-bond donors (Lipinski definition) is 1. The smallest absolute Gasteiger partial charge is 0.247 e. The van der Waals surface area contributed by atoms with Crippen molar-refractivity contribution in [3.05, 3.63) is 90.0 Å². The van der Waals surface area contributed by atoms with Crippen molar-refractivity contribution in [1.82, 2.24) is 4.98 Å². The van der Waals surface area contributed by atoms with Crippen LogP contribution < -0.4 is 4.57 Å². The number of unbranched alkanes of at least 4 members (excludes halogenated alkanes) is 17. The topological polar surface area (TPSA) is 19.7 Å². The molecule has 0 aliphatic rings. The highest BCUT2D eigenvalue weighted by molar-refractivity contribution is 5.32. The Morgan fingerprint density at radius 1 is 0.591 bits per heavy atom. The molecular weight excluding hydrogens is 532 g/mol. The van der Waals surface area contributed by atoms with Gasteiger partial charge in [0.1, 0.15) is 12.4 Å². The summed E-state index contributed by atoms with van der Waals surface area (Å²) in [7, 11) is 0. The van der Waals surface area contributed by atoms with E-state index in [1.54, 1.807) is 0 Å². The first-order chi connectivity index (χ1) is 21.7. The second-order valence-electron chi connectivity index (χ2n) is 13.8. The normalized spacial score (nSPS) is 13.6. The summed E-state index contributed by atoms with van der Waals surface area (Å²) in [6.07, 6.45) is 33.1. The van der Waals surface area contributed by atoms with Gasteiger partial charge in [-0.3, -0.25) is 0 Å². The van der Waals surface area contributed by atoms with Crippen LogP contribution in [0.1, 0.15) is 172 Å². The van der Waals surface area contributed by atoms with Crippen molar-refractivity contribution in [2.45, 2.75) is 173 Å². The van der Waals surface area contributed by atoms with Crippen molar-refractivity contribution in [2.75, 3.05) is 0 Å². The third kappa shape index (κ3) is 12.9. The third-order valence-electron chi connectivity index (χ3n) is 10.1. The Morgan fingerprint density at radius 3 is 1.61 bits per heavy atom. The van der Waals surface area contributed by atoms with E-state index in [0.29, 0.717) is 5.92 Å². The highest BCUT2D eigenvalue weighted by Crippen LogP contribution is 2.43. The van der Waals surface area contributed by atoms with Crippen LogP contribution in [0.15, 0.2) is 73.1 Å². The van der Waals surface area contributed by atoms with Crippen LogP contribution in [0, 0.1) is 0 Å². The van der Waals surface area contributed by atoms with E-state index in [0.717, 1.165) is 13.0 Å². The molecule has 0 fully saturated rings. The van der Waals surface area contributed by atoms with Gasteiger partial charge in [0.25, 0.3) is 5.82 Å². The molecule has 2 heteroatoms. The van der Waals surface area contributed by atoms with Gasteiger partial charge in [0.2, 0.25) is 0 Å². The maximum atomic E-state index is 3.78. The molecule has 0 bridgehead atoms. The molecule has 2 unspecified atom stereocenters. The predicted molar refractivity (Wildman–Crippen MR) is 191 cm³/mol. The molecule has 244 valence electrons. The number of aryl methyl sites for hydroxylation is 1. The van der Waals surface area contributed by atoms with Gasteiger partial charge in [-0.15, -0.1) is 0 Å². The lowest BCUT2D eigenvalue weighted by molar-refractivity contribution is -0.705. The summed E-state index contributed by atoms with van der Waals surface area (Å²) in [5.41, 5.74) is 2.90. The predicted octanol–water partition coefficient (Wildman–Crippen LogP) is 12.4. The molecule has 0 saturated carbocycles. The van der Waals surface area contributed by atoms with E-state index in [9.17, 15) is 0 Å². The molecular formula is C42H67N2+. The number of aromatic amines is 1. The van der Waals surface area contributed by atoms with Crippen LogP contribution in [0.25, 0.3) is 0 Å². The minimum Gasteiger partial charge on any atom is -0.247 e. The maximum Gasteiger partial charge on any atom is 0.258 e. The molecule has 3 aromatic rings. The van der Waals surface area contributed by atoms with E-state index in [4.69, 9.17) is 0 Å². The van der Waals surface area contributed by atoms with Gasteiger partial charge >= 0.3 is 0 Å². The van der Waals surface area contributed by atoms with Crippen LogP contribution >= 0.6 is 0 Å².